The molecule has 1 aliphatic heterocycles. The van der Waals surface area contributed by atoms with E-state index in [4.69, 9.17) is 4.99 Å². The molecule has 0 aromatic carbocycles. The Hall–Kier alpha value is -0.370. The molecule has 88 valence electrons. The van der Waals surface area contributed by atoms with Crippen molar-refractivity contribution < 1.29 is 0 Å². The number of nitrogens with one attached hydrogen (secondary N) is 1. The van der Waals surface area contributed by atoms with E-state index in [-0.39, 0.29) is 11.1 Å². The highest BCUT2D eigenvalue weighted by Gasteiger charge is 2.37. The summed E-state index contributed by atoms with van der Waals surface area (Å²) in [5.74, 6) is 0. The van der Waals surface area contributed by atoms with Crippen LogP contribution >= 0.6 is 0 Å². The van der Waals surface area contributed by atoms with Crippen LogP contribution in [0.2, 0.25) is 0 Å². The Morgan fingerprint density at radius 3 is 2.20 bits per heavy atom. The molecule has 0 saturated carbocycles. The first-order valence-electron chi connectivity index (χ1n) is 6.16. The molecule has 1 aliphatic rings. The van der Waals surface area contributed by atoms with Crippen molar-refractivity contribution in [2.24, 2.45) is 4.99 Å². The van der Waals surface area contributed by atoms with Crippen LogP contribution in [0.3, 0.4) is 0 Å². The predicted molar refractivity (Wildman–Crippen MR) is 67.7 cm³/mol. The van der Waals surface area contributed by atoms with E-state index < -0.39 is 0 Å². The van der Waals surface area contributed by atoms with Gasteiger partial charge in [0.15, 0.2) is 0 Å². The molecule has 0 aromatic rings. The van der Waals surface area contributed by atoms with Gasteiger partial charge >= 0.3 is 0 Å². The van der Waals surface area contributed by atoms with Crippen LogP contribution < -0.4 is 5.32 Å². The van der Waals surface area contributed by atoms with Crippen molar-refractivity contribution in [1.29, 1.82) is 0 Å². The topological polar surface area (TPSA) is 24.4 Å². The second kappa shape index (κ2) is 4.65. The molecule has 0 radical (unpaired) electrons. The van der Waals surface area contributed by atoms with E-state index in [2.05, 4.69) is 46.2 Å². The Morgan fingerprint density at radius 2 is 1.73 bits per heavy atom. The molecule has 1 fully saturated rings. The SMILES string of the molecule is CCCC=NC1CC(C)(C)NC(C)(C)C1. The third-order valence-electron chi connectivity index (χ3n) is 2.90. The smallest absolute Gasteiger partial charge is 0.0530 e. The number of rotatable bonds is 3. The van der Waals surface area contributed by atoms with Gasteiger partial charge in [-0.15, -0.1) is 0 Å². The average Bonchev–Trinajstić information content (AvgIpc) is 1.98. The standard InChI is InChI=1S/C13H26N2/c1-6-7-8-14-11-9-12(2,3)15-13(4,5)10-11/h8,11,15H,6-7,9-10H2,1-5H3. The van der Waals surface area contributed by atoms with Crippen LogP contribution in [-0.2, 0) is 0 Å². The Labute approximate surface area is 94.6 Å². The summed E-state index contributed by atoms with van der Waals surface area (Å²) in [7, 11) is 0. The van der Waals surface area contributed by atoms with Gasteiger partial charge in [-0.2, -0.15) is 0 Å². The molecule has 0 bridgehead atoms. The summed E-state index contributed by atoms with van der Waals surface area (Å²) in [5, 5.41) is 3.68. The fourth-order valence-corrected chi connectivity index (χ4v) is 2.73. The van der Waals surface area contributed by atoms with E-state index in [9.17, 15) is 0 Å². The minimum atomic E-state index is 0.218. The molecular weight excluding hydrogens is 184 g/mol. The minimum absolute atomic E-state index is 0.218. The monoisotopic (exact) mass is 210 g/mol. The van der Waals surface area contributed by atoms with Gasteiger partial charge in [-0.05, 0) is 53.2 Å². The third-order valence-corrected chi connectivity index (χ3v) is 2.90. The number of nitrogens with zero attached hydrogens (tertiary/aromatic N) is 1. The van der Waals surface area contributed by atoms with Gasteiger partial charge in [0, 0.05) is 11.1 Å². The number of unbranched alkanes of at least 4 members (excludes halogenated alkanes) is 1. The Bertz CT molecular complexity index is 213. The largest absolute Gasteiger partial charge is 0.307 e. The summed E-state index contributed by atoms with van der Waals surface area (Å²) in [6.45, 7) is 11.3. The lowest BCUT2D eigenvalue weighted by atomic mass is 9.80. The van der Waals surface area contributed by atoms with Crippen molar-refractivity contribution in [3.8, 4) is 0 Å². The quantitative estimate of drug-likeness (QED) is 0.711. The Balaban J connectivity index is 2.59. The van der Waals surface area contributed by atoms with Crippen molar-refractivity contribution in [2.45, 2.75) is 77.4 Å². The molecule has 0 aliphatic carbocycles. The molecule has 0 amide bonds. The summed E-state index contributed by atoms with van der Waals surface area (Å²) in [6, 6.07) is 0.503. The number of aliphatic imine (C=N–C) groups is 1. The maximum absolute atomic E-state index is 4.70. The van der Waals surface area contributed by atoms with Crippen molar-refractivity contribution >= 4 is 6.21 Å². The highest BCUT2D eigenvalue weighted by molar-refractivity contribution is 5.57. The van der Waals surface area contributed by atoms with Crippen molar-refractivity contribution in [1.82, 2.24) is 5.32 Å². The first-order chi connectivity index (χ1) is 6.85. The molecule has 2 heteroatoms. The third kappa shape index (κ3) is 4.33. The van der Waals surface area contributed by atoms with Crippen molar-refractivity contribution in [3.63, 3.8) is 0 Å². The van der Waals surface area contributed by atoms with Crippen LogP contribution in [0.5, 0.6) is 0 Å². The van der Waals surface area contributed by atoms with Gasteiger partial charge in [0.1, 0.15) is 0 Å². The minimum Gasteiger partial charge on any atom is -0.307 e. The molecule has 0 aromatic heterocycles. The van der Waals surface area contributed by atoms with Crippen LogP contribution in [0.4, 0.5) is 0 Å². The van der Waals surface area contributed by atoms with E-state index >= 15 is 0 Å². The van der Waals surface area contributed by atoms with Gasteiger partial charge in [0.05, 0.1) is 6.04 Å². The van der Waals surface area contributed by atoms with E-state index in [1.807, 2.05) is 0 Å². The number of piperidine rings is 1. The summed E-state index contributed by atoms with van der Waals surface area (Å²) in [6.07, 6.45) is 6.72. The number of hydrogen-bond acceptors (Lipinski definition) is 2. The lowest BCUT2D eigenvalue weighted by Crippen LogP contribution is -2.58. The summed E-state index contributed by atoms with van der Waals surface area (Å²) in [4.78, 5) is 4.70. The van der Waals surface area contributed by atoms with Crippen LogP contribution in [0, 0.1) is 0 Å². The average molecular weight is 210 g/mol. The van der Waals surface area contributed by atoms with E-state index in [0.29, 0.717) is 6.04 Å². The van der Waals surface area contributed by atoms with Crippen molar-refractivity contribution in [2.75, 3.05) is 0 Å². The zero-order valence-corrected chi connectivity index (χ0v) is 10.9. The molecule has 0 atom stereocenters. The van der Waals surface area contributed by atoms with Crippen LogP contribution in [0.15, 0.2) is 4.99 Å². The highest BCUT2D eigenvalue weighted by Crippen LogP contribution is 2.30. The molecule has 0 spiro atoms. The lowest BCUT2D eigenvalue weighted by Gasteiger charge is -2.45. The zero-order valence-electron chi connectivity index (χ0n) is 10.9. The molecule has 1 rings (SSSR count). The fourth-order valence-electron chi connectivity index (χ4n) is 2.73. The summed E-state index contributed by atoms with van der Waals surface area (Å²) < 4.78 is 0. The van der Waals surface area contributed by atoms with Gasteiger partial charge in [0.2, 0.25) is 0 Å². The first kappa shape index (κ1) is 12.7. The maximum atomic E-state index is 4.70. The van der Waals surface area contributed by atoms with Crippen molar-refractivity contribution in [3.05, 3.63) is 0 Å². The molecular formula is C13H26N2. The maximum Gasteiger partial charge on any atom is 0.0530 e. The second-order valence-electron chi connectivity index (χ2n) is 6.08. The summed E-state index contributed by atoms with van der Waals surface area (Å²) >= 11 is 0. The van der Waals surface area contributed by atoms with Crippen LogP contribution in [0.25, 0.3) is 0 Å². The molecule has 1 heterocycles. The predicted octanol–water partition coefficient (Wildman–Crippen LogP) is 3.17. The molecule has 15 heavy (non-hydrogen) atoms. The van der Waals surface area contributed by atoms with Gasteiger partial charge in [-0.3, -0.25) is 4.99 Å². The van der Waals surface area contributed by atoms with E-state index in [0.717, 1.165) is 19.3 Å². The zero-order chi connectivity index (χ0) is 11.5. The van der Waals surface area contributed by atoms with Gasteiger partial charge in [-0.25, -0.2) is 0 Å². The Kier molecular flexibility index (Phi) is 3.93. The van der Waals surface area contributed by atoms with Gasteiger partial charge in [0.25, 0.3) is 0 Å². The Morgan fingerprint density at radius 1 is 1.20 bits per heavy atom. The summed E-state index contributed by atoms with van der Waals surface area (Å²) in [5.41, 5.74) is 0.436. The first-order valence-corrected chi connectivity index (χ1v) is 6.16. The van der Waals surface area contributed by atoms with E-state index in [1.165, 1.54) is 6.42 Å². The molecule has 2 nitrogen and oxygen atoms in total. The second-order valence-corrected chi connectivity index (χ2v) is 6.08. The normalized spacial score (nSPS) is 25.9. The fraction of sp³-hybridized carbons (Fsp3) is 0.923. The lowest BCUT2D eigenvalue weighted by molar-refractivity contribution is 0.164. The van der Waals surface area contributed by atoms with Gasteiger partial charge < -0.3 is 5.32 Å². The van der Waals surface area contributed by atoms with Crippen LogP contribution in [0.1, 0.15) is 60.3 Å². The molecule has 1 saturated heterocycles. The molecule has 0 unspecified atom stereocenters. The van der Waals surface area contributed by atoms with Gasteiger partial charge in [-0.1, -0.05) is 13.3 Å². The number of hydrogen-bond donors (Lipinski definition) is 1. The van der Waals surface area contributed by atoms with E-state index in [1.54, 1.807) is 0 Å². The molecule has 1 N–H and O–H groups in total. The van der Waals surface area contributed by atoms with Crippen LogP contribution in [-0.4, -0.2) is 23.3 Å². The highest BCUT2D eigenvalue weighted by atomic mass is 15.1.